The summed E-state index contributed by atoms with van der Waals surface area (Å²) in [4.78, 5) is 15.0. The molecule has 1 unspecified atom stereocenters. The van der Waals surface area contributed by atoms with Crippen molar-refractivity contribution in [1.29, 1.82) is 0 Å². The maximum Gasteiger partial charge on any atom is 0.171 e. The molecule has 5 nitrogen and oxygen atoms in total. The van der Waals surface area contributed by atoms with E-state index in [2.05, 4.69) is 23.1 Å². The number of hydrogen-bond donors (Lipinski definition) is 1. The van der Waals surface area contributed by atoms with Crippen LogP contribution < -0.4 is 0 Å². The molecule has 1 fully saturated rings. The summed E-state index contributed by atoms with van der Waals surface area (Å²) in [7, 11) is 0. The summed E-state index contributed by atoms with van der Waals surface area (Å²) in [5.41, 5.74) is 6.28. The Kier molecular flexibility index (Phi) is 4.96. The van der Waals surface area contributed by atoms with Crippen LogP contribution in [0.15, 0.2) is 42.5 Å². The topological polar surface area (TPSA) is 59.0 Å². The van der Waals surface area contributed by atoms with Gasteiger partial charge >= 0.3 is 0 Å². The minimum absolute atomic E-state index is 0.0711. The number of rotatable bonds is 4. The van der Waals surface area contributed by atoms with Gasteiger partial charge < -0.3 is 14.6 Å². The highest BCUT2D eigenvalue weighted by atomic mass is 16.5. The van der Waals surface area contributed by atoms with Gasteiger partial charge in [-0.2, -0.15) is 0 Å². The molecule has 2 aliphatic heterocycles. The lowest BCUT2D eigenvalue weighted by Crippen LogP contribution is -2.44. The molecule has 1 aliphatic carbocycles. The van der Waals surface area contributed by atoms with Crippen LogP contribution in [-0.2, 0) is 33.7 Å². The number of ketones is 1. The zero-order chi connectivity index (χ0) is 19.8. The number of carbonyl (C=O) groups excluding carboxylic acids is 1. The van der Waals surface area contributed by atoms with Crippen LogP contribution in [0.3, 0.4) is 0 Å². The van der Waals surface area contributed by atoms with Crippen molar-refractivity contribution in [1.82, 2.24) is 4.90 Å². The quantitative estimate of drug-likeness (QED) is 0.812. The zero-order valence-corrected chi connectivity index (χ0v) is 16.4. The first-order valence-corrected chi connectivity index (χ1v) is 10.3. The highest BCUT2D eigenvalue weighted by molar-refractivity contribution is 6.31. The Morgan fingerprint density at radius 3 is 2.90 bits per heavy atom. The van der Waals surface area contributed by atoms with Crippen LogP contribution >= 0.6 is 0 Å². The number of aliphatic hydroxyl groups excluding tert-OH is 1. The molecule has 2 aromatic carbocycles. The maximum absolute atomic E-state index is 12.7. The lowest BCUT2D eigenvalue weighted by molar-refractivity contribution is -0.112. The second-order valence-electron chi connectivity index (χ2n) is 7.97. The molecule has 0 aromatic heterocycles. The van der Waals surface area contributed by atoms with Gasteiger partial charge in [-0.05, 0) is 23.1 Å². The van der Waals surface area contributed by atoms with E-state index in [1.54, 1.807) is 0 Å². The first kappa shape index (κ1) is 18.6. The van der Waals surface area contributed by atoms with E-state index in [4.69, 9.17) is 9.47 Å². The van der Waals surface area contributed by atoms with E-state index >= 15 is 0 Å². The van der Waals surface area contributed by atoms with Crippen LogP contribution in [0.2, 0.25) is 0 Å². The van der Waals surface area contributed by atoms with E-state index in [1.807, 2.05) is 24.3 Å². The van der Waals surface area contributed by atoms with Gasteiger partial charge in [-0.15, -0.1) is 0 Å². The largest absolute Gasteiger partial charge is 0.487 e. The number of aliphatic hydroxyl groups is 1. The van der Waals surface area contributed by atoms with Crippen molar-refractivity contribution in [3.63, 3.8) is 0 Å². The number of ether oxygens (including phenoxy) is 2. The Morgan fingerprint density at radius 1 is 1.10 bits per heavy atom. The van der Waals surface area contributed by atoms with E-state index < -0.39 is 0 Å². The summed E-state index contributed by atoms with van der Waals surface area (Å²) in [6, 6.07) is 14.4. The van der Waals surface area contributed by atoms with E-state index in [1.165, 1.54) is 5.56 Å². The number of carbonyl (C=O) groups is 1. The number of allylic oxidation sites excluding steroid dienone is 1. The Morgan fingerprint density at radius 2 is 2.00 bits per heavy atom. The number of benzene rings is 2. The summed E-state index contributed by atoms with van der Waals surface area (Å²) in [5.74, 6) is 0.879. The number of morpholine rings is 1. The van der Waals surface area contributed by atoms with E-state index in [9.17, 15) is 9.90 Å². The van der Waals surface area contributed by atoms with Crippen LogP contribution in [-0.4, -0.2) is 54.7 Å². The van der Waals surface area contributed by atoms with Gasteiger partial charge in [-0.3, -0.25) is 9.69 Å². The van der Waals surface area contributed by atoms with Gasteiger partial charge in [0.25, 0.3) is 0 Å². The Hall–Kier alpha value is -2.47. The highest BCUT2D eigenvalue weighted by Crippen LogP contribution is 2.40. The van der Waals surface area contributed by atoms with Gasteiger partial charge in [0.05, 0.1) is 24.9 Å². The first-order valence-electron chi connectivity index (χ1n) is 10.3. The fourth-order valence-electron chi connectivity index (χ4n) is 4.54. The predicted octanol–water partition coefficient (Wildman–Crippen LogP) is 2.45. The Bertz CT molecular complexity index is 981. The molecule has 3 aliphatic rings. The minimum Gasteiger partial charge on any atom is -0.487 e. The van der Waals surface area contributed by atoms with Crippen LogP contribution in [0.5, 0.6) is 0 Å². The lowest BCUT2D eigenvalue weighted by Gasteiger charge is -2.31. The molecular weight excluding hydrogens is 366 g/mol. The number of nitrogens with zero attached hydrogens (tertiary/aromatic N) is 1. The van der Waals surface area contributed by atoms with Crippen molar-refractivity contribution in [3.05, 3.63) is 70.3 Å². The summed E-state index contributed by atoms with van der Waals surface area (Å²) in [6.45, 7) is 3.90. The second kappa shape index (κ2) is 7.75. The van der Waals surface area contributed by atoms with Gasteiger partial charge in [0, 0.05) is 37.2 Å². The molecule has 2 heterocycles. The fraction of sp³-hybridized carbons (Fsp3) is 0.375. The van der Waals surface area contributed by atoms with Crippen molar-refractivity contribution >= 4 is 17.1 Å². The minimum atomic E-state index is -0.0711. The molecule has 1 saturated heterocycles. The molecule has 0 amide bonds. The van der Waals surface area contributed by atoms with E-state index in [-0.39, 0.29) is 18.5 Å². The molecule has 29 heavy (non-hydrogen) atoms. The molecule has 0 bridgehead atoms. The summed E-state index contributed by atoms with van der Waals surface area (Å²) in [5, 5.41) is 9.30. The van der Waals surface area contributed by atoms with Gasteiger partial charge in [0.2, 0.25) is 0 Å². The summed E-state index contributed by atoms with van der Waals surface area (Å²) >= 11 is 0. The third-order valence-corrected chi connectivity index (χ3v) is 6.07. The molecule has 150 valence electrons. The van der Waals surface area contributed by atoms with Crippen molar-refractivity contribution in [3.8, 4) is 0 Å². The average Bonchev–Trinajstić information content (AvgIpc) is 3.31. The normalized spacial score (nSPS) is 23.8. The zero-order valence-electron chi connectivity index (χ0n) is 16.4. The van der Waals surface area contributed by atoms with Crippen molar-refractivity contribution in [2.24, 2.45) is 0 Å². The van der Waals surface area contributed by atoms with Crippen molar-refractivity contribution < 1.29 is 19.4 Å². The summed E-state index contributed by atoms with van der Waals surface area (Å²) < 4.78 is 11.5. The average molecular weight is 391 g/mol. The second-order valence-corrected chi connectivity index (χ2v) is 7.97. The molecule has 1 N–H and O–H groups in total. The molecule has 0 spiro atoms. The number of hydrogen-bond acceptors (Lipinski definition) is 5. The van der Waals surface area contributed by atoms with Crippen molar-refractivity contribution in [2.75, 3.05) is 32.8 Å². The highest BCUT2D eigenvalue weighted by Gasteiger charge is 2.32. The summed E-state index contributed by atoms with van der Waals surface area (Å²) in [6.07, 6.45) is 1.33. The van der Waals surface area contributed by atoms with Gasteiger partial charge in [0.15, 0.2) is 5.78 Å². The molecule has 1 atom stereocenters. The molecular formula is C24H25NO4. The van der Waals surface area contributed by atoms with Crippen molar-refractivity contribution in [2.45, 2.75) is 25.6 Å². The first-order chi connectivity index (χ1) is 14.2. The molecule has 0 radical (unpaired) electrons. The smallest absolute Gasteiger partial charge is 0.171 e. The third kappa shape index (κ3) is 3.50. The molecule has 0 saturated carbocycles. The standard InChI is InChI=1S/C24H25NO4/c26-14-19-13-25(9-10-28-19)8-7-16-5-6-21-18(11-16)15-29-24(21)23-20-4-2-1-3-17(20)12-22(23)27/h1-6,11,19,26H,7-10,12-15H2/b24-23+. The lowest BCUT2D eigenvalue weighted by atomic mass is 9.98. The monoisotopic (exact) mass is 391 g/mol. The SMILES string of the molecule is O=C1Cc2ccccc2/C1=C1\OCc2cc(CCN3CCOC(CO)C3)ccc21. The molecule has 5 rings (SSSR count). The predicted molar refractivity (Wildman–Crippen MR) is 110 cm³/mol. The van der Waals surface area contributed by atoms with Gasteiger partial charge in [-0.1, -0.05) is 42.5 Å². The number of Topliss-reactive ketones (excluding diaryl/α,β-unsaturated/α-hetero) is 1. The number of fused-ring (bicyclic) bond motifs is 2. The molecule has 2 aromatic rings. The van der Waals surface area contributed by atoms with E-state index in [0.29, 0.717) is 19.6 Å². The van der Waals surface area contributed by atoms with Gasteiger partial charge in [-0.25, -0.2) is 0 Å². The van der Waals surface area contributed by atoms with Gasteiger partial charge in [0.1, 0.15) is 12.4 Å². The Labute approximate surface area is 170 Å². The van der Waals surface area contributed by atoms with Crippen LogP contribution in [0.25, 0.3) is 11.3 Å². The van der Waals surface area contributed by atoms with Crippen LogP contribution in [0, 0.1) is 0 Å². The van der Waals surface area contributed by atoms with Crippen LogP contribution in [0.1, 0.15) is 27.8 Å². The maximum atomic E-state index is 12.7. The molecule has 5 heteroatoms. The fourth-order valence-corrected chi connectivity index (χ4v) is 4.54. The van der Waals surface area contributed by atoms with E-state index in [0.717, 1.165) is 59.6 Å². The third-order valence-electron chi connectivity index (χ3n) is 6.07. The Balaban J connectivity index is 1.35. The van der Waals surface area contributed by atoms with Crippen LogP contribution in [0.4, 0.5) is 0 Å².